The molecule has 2 heterocycles. The molecular formula is C15H20N2O2. The fourth-order valence-corrected chi connectivity index (χ4v) is 3.32. The fraction of sp³-hybridized carbons (Fsp3) is 0.667. The number of ether oxygens (including phenoxy) is 1. The number of carbonyl (C=O) groups excluding carboxylic acids is 1. The van der Waals surface area contributed by atoms with Crippen LogP contribution >= 0.6 is 0 Å². The third kappa shape index (κ3) is 2.54. The molecule has 1 spiro atoms. The molecule has 0 N–H and O–H groups in total. The van der Waals surface area contributed by atoms with Crippen molar-refractivity contribution in [3.8, 4) is 0 Å². The van der Waals surface area contributed by atoms with E-state index in [1.54, 1.807) is 12.4 Å². The smallest absolute Gasteiger partial charge is 0.203 e. The molecule has 1 unspecified atom stereocenters. The molecule has 4 nitrogen and oxygen atoms in total. The van der Waals surface area contributed by atoms with Crippen LogP contribution in [0.25, 0.3) is 0 Å². The number of nitrogens with zero attached hydrogens (tertiary/aromatic N) is 2. The molecule has 0 amide bonds. The Hall–Kier alpha value is -1.29. The first-order valence-corrected chi connectivity index (χ1v) is 7.15. The molecule has 1 saturated carbocycles. The summed E-state index contributed by atoms with van der Waals surface area (Å²) in [5.41, 5.74) is 0.958. The number of hydrogen-bond acceptors (Lipinski definition) is 4. The second-order valence-electron chi connectivity index (χ2n) is 5.88. The van der Waals surface area contributed by atoms with Crippen molar-refractivity contribution in [1.29, 1.82) is 0 Å². The van der Waals surface area contributed by atoms with Gasteiger partial charge in [-0.25, -0.2) is 9.97 Å². The molecule has 3 rings (SSSR count). The van der Waals surface area contributed by atoms with Crippen molar-refractivity contribution >= 4 is 5.78 Å². The van der Waals surface area contributed by atoms with E-state index in [0.29, 0.717) is 12.4 Å². The monoisotopic (exact) mass is 260 g/mol. The largest absolute Gasteiger partial charge is 0.375 e. The van der Waals surface area contributed by atoms with Gasteiger partial charge >= 0.3 is 0 Å². The van der Waals surface area contributed by atoms with Gasteiger partial charge in [-0.15, -0.1) is 0 Å². The first kappa shape index (κ1) is 12.7. The molecular weight excluding hydrogens is 240 g/mol. The van der Waals surface area contributed by atoms with E-state index >= 15 is 0 Å². The van der Waals surface area contributed by atoms with E-state index in [1.165, 1.54) is 12.8 Å². The summed E-state index contributed by atoms with van der Waals surface area (Å²) < 4.78 is 5.97. The minimum absolute atomic E-state index is 0.0245. The molecule has 1 aromatic heterocycles. The number of aryl methyl sites for hydroxylation is 1. The molecule has 0 aromatic carbocycles. The highest BCUT2D eigenvalue weighted by atomic mass is 16.5. The van der Waals surface area contributed by atoms with Crippen molar-refractivity contribution in [1.82, 2.24) is 9.97 Å². The third-order valence-electron chi connectivity index (χ3n) is 4.38. The molecule has 19 heavy (non-hydrogen) atoms. The maximum absolute atomic E-state index is 12.5. The highest BCUT2D eigenvalue weighted by Gasteiger charge is 2.42. The van der Waals surface area contributed by atoms with Gasteiger partial charge in [-0.1, -0.05) is 12.8 Å². The molecule has 1 aromatic rings. The van der Waals surface area contributed by atoms with Crippen molar-refractivity contribution in [2.75, 3.05) is 6.61 Å². The molecule has 102 valence electrons. The van der Waals surface area contributed by atoms with Gasteiger partial charge in [0.05, 0.1) is 5.60 Å². The van der Waals surface area contributed by atoms with Crippen LogP contribution in [0.5, 0.6) is 0 Å². The van der Waals surface area contributed by atoms with Crippen LogP contribution in [0.15, 0.2) is 12.4 Å². The number of rotatable bonds is 2. The number of aromatic nitrogens is 2. The van der Waals surface area contributed by atoms with E-state index in [1.807, 2.05) is 6.92 Å². The summed E-state index contributed by atoms with van der Waals surface area (Å²) in [6.07, 6.45) is 9.73. The van der Waals surface area contributed by atoms with E-state index in [-0.39, 0.29) is 17.3 Å². The van der Waals surface area contributed by atoms with Crippen molar-refractivity contribution in [2.45, 2.75) is 51.0 Å². The van der Waals surface area contributed by atoms with Crippen LogP contribution in [-0.4, -0.2) is 28.0 Å². The van der Waals surface area contributed by atoms with Crippen LogP contribution in [0, 0.1) is 12.8 Å². The Morgan fingerprint density at radius 3 is 2.68 bits per heavy atom. The average Bonchev–Trinajstić information content (AvgIpc) is 2.87. The van der Waals surface area contributed by atoms with Gasteiger partial charge in [0.15, 0.2) is 5.82 Å². The number of Topliss-reactive ketones (excluding diaryl/α,β-unsaturated/α-hetero) is 1. The average molecular weight is 260 g/mol. The second kappa shape index (κ2) is 5.00. The Balaban J connectivity index is 1.74. The zero-order valence-corrected chi connectivity index (χ0v) is 11.4. The summed E-state index contributed by atoms with van der Waals surface area (Å²) in [6, 6.07) is 0. The predicted octanol–water partition coefficient (Wildman–Crippen LogP) is 2.71. The van der Waals surface area contributed by atoms with E-state index in [2.05, 4.69) is 9.97 Å². The standard InChI is InChI=1S/C15H20N2O2/c1-11-9-16-14(17-10-11)13(18)12-4-7-19-15(8-12)5-2-3-6-15/h9-10,12H,2-8H2,1H3. The maximum Gasteiger partial charge on any atom is 0.203 e. The SMILES string of the molecule is Cc1cnc(C(=O)C2CCOC3(CCCC3)C2)nc1. The van der Waals surface area contributed by atoms with Gasteiger partial charge < -0.3 is 4.74 Å². The molecule has 1 atom stereocenters. The Labute approximate surface area is 113 Å². The van der Waals surface area contributed by atoms with Crippen LogP contribution in [0.3, 0.4) is 0 Å². The Morgan fingerprint density at radius 1 is 1.32 bits per heavy atom. The molecule has 2 aliphatic rings. The van der Waals surface area contributed by atoms with Crippen LogP contribution in [0.4, 0.5) is 0 Å². The Kier molecular flexibility index (Phi) is 3.35. The molecule has 1 aliphatic heterocycles. The fourth-order valence-electron chi connectivity index (χ4n) is 3.32. The predicted molar refractivity (Wildman–Crippen MR) is 71.0 cm³/mol. The zero-order chi connectivity index (χ0) is 13.3. The first-order valence-electron chi connectivity index (χ1n) is 7.15. The highest BCUT2D eigenvalue weighted by Crippen LogP contribution is 2.42. The highest BCUT2D eigenvalue weighted by molar-refractivity contribution is 5.94. The lowest BCUT2D eigenvalue weighted by atomic mass is 9.82. The van der Waals surface area contributed by atoms with Crippen LogP contribution in [0.1, 0.15) is 54.7 Å². The minimum Gasteiger partial charge on any atom is -0.375 e. The molecule has 1 aliphatic carbocycles. The number of carbonyl (C=O) groups is 1. The number of ketones is 1. The van der Waals surface area contributed by atoms with Crippen molar-refractivity contribution < 1.29 is 9.53 Å². The van der Waals surface area contributed by atoms with E-state index in [4.69, 9.17) is 4.74 Å². The minimum atomic E-state index is -0.0245. The van der Waals surface area contributed by atoms with E-state index in [9.17, 15) is 4.79 Å². The summed E-state index contributed by atoms with van der Waals surface area (Å²) in [5, 5.41) is 0. The maximum atomic E-state index is 12.5. The van der Waals surface area contributed by atoms with Gasteiger partial charge in [-0.3, -0.25) is 4.79 Å². The van der Waals surface area contributed by atoms with Gasteiger partial charge in [-0.2, -0.15) is 0 Å². The summed E-state index contributed by atoms with van der Waals surface area (Å²) in [6.45, 7) is 2.62. The van der Waals surface area contributed by atoms with Crippen molar-refractivity contribution in [3.63, 3.8) is 0 Å². The van der Waals surface area contributed by atoms with Gasteiger partial charge in [0.25, 0.3) is 0 Å². The normalized spacial score (nSPS) is 25.6. The zero-order valence-electron chi connectivity index (χ0n) is 11.4. The molecule has 0 radical (unpaired) electrons. The van der Waals surface area contributed by atoms with Crippen LogP contribution in [-0.2, 0) is 4.74 Å². The topological polar surface area (TPSA) is 52.1 Å². The lowest BCUT2D eigenvalue weighted by Crippen LogP contribution is -2.40. The first-order chi connectivity index (χ1) is 9.19. The van der Waals surface area contributed by atoms with Crippen molar-refractivity contribution in [2.24, 2.45) is 5.92 Å². The molecule has 0 bridgehead atoms. The van der Waals surface area contributed by atoms with Gasteiger partial charge in [0.1, 0.15) is 0 Å². The molecule has 2 fully saturated rings. The lowest BCUT2D eigenvalue weighted by Gasteiger charge is -2.37. The van der Waals surface area contributed by atoms with Gasteiger partial charge in [0.2, 0.25) is 5.78 Å². The number of hydrogen-bond donors (Lipinski definition) is 0. The van der Waals surface area contributed by atoms with E-state index in [0.717, 1.165) is 31.2 Å². The van der Waals surface area contributed by atoms with Crippen LogP contribution in [0.2, 0.25) is 0 Å². The van der Waals surface area contributed by atoms with Crippen molar-refractivity contribution in [3.05, 3.63) is 23.8 Å². The molecule has 4 heteroatoms. The quantitative estimate of drug-likeness (QED) is 0.767. The lowest BCUT2D eigenvalue weighted by molar-refractivity contribution is -0.0867. The van der Waals surface area contributed by atoms with E-state index < -0.39 is 0 Å². The Morgan fingerprint density at radius 2 is 2.00 bits per heavy atom. The Bertz CT molecular complexity index is 464. The second-order valence-corrected chi connectivity index (χ2v) is 5.88. The summed E-state index contributed by atoms with van der Waals surface area (Å²) in [5.74, 6) is 0.495. The third-order valence-corrected chi connectivity index (χ3v) is 4.38. The molecule has 1 saturated heterocycles. The summed E-state index contributed by atoms with van der Waals surface area (Å²) in [7, 11) is 0. The van der Waals surface area contributed by atoms with Gasteiger partial charge in [-0.05, 0) is 38.2 Å². The summed E-state index contributed by atoms with van der Waals surface area (Å²) in [4.78, 5) is 20.8. The van der Waals surface area contributed by atoms with Crippen LogP contribution < -0.4 is 0 Å². The van der Waals surface area contributed by atoms with Gasteiger partial charge in [0, 0.05) is 24.9 Å². The summed E-state index contributed by atoms with van der Waals surface area (Å²) >= 11 is 0.